The van der Waals surface area contributed by atoms with Gasteiger partial charge in [-0.3, -0.25) is 0 Å². The molecule has 0 radical (unpaired) electrons. The number of carboxylic acid groups (broad SMARTS) is 1. The Bertz CT molecular complexity index is 709. The minimum Gasteiger partial charge on any atom is -0.478 e. The van der Waals surface area contributed by atoms with Crippen LogP contribution in [-0.2, 0) is 6.18 Å². The van der Waals surface area contributed by atoms with Gasteiger partial charge in [0.15, 0.2) is 0 Å². The summed E-state index contributed by atoms with van der Waals surface area (Å²) in [4.78, 5) is 10.9. The van der Waals surface area contributed by atoms with E-state index >= 15 is 0 Å². The Morgan fingerprint density at radius 1 is 1.10 bits per heavy atom. The van der Waals surface area contributed by atoms with Crippen molar-refractivity contribution in [3.05, 3.63) is 58.1 Å². The van der Waals surface area contributed by atoms with Gasteiger partial charge in [-0.05, 0) is 41.8 Å². The molecule has 2 aromatic rings. The van der Waals surface area contributed by atoms with Crippen molar-refractivity contribution in [2.45, 2.75) is 13.1 Å². The lowest BCUT2D eigenvalue weighted by molar-refractivity contribution is -0.138. The molecule has 0 amide bonds. The quantitative estimate of drug-likeness (QED) is 0.844. The fourth-order valence-corrected chi connectivity index (χ4v) is 2.10. The summed E-state index contributed by atoms with van der Waals surface area (Å²) >= 11 is 5.96. The number of halogens is 4. The van der Waals surface area contributed by atoms with Gasteiger partial charge in [-0.15, -0.1) is 0 Å². The van der Waals surface area contributed by atoms with Crippen molar-refractivity contribution >= 4 is 17.6 Å². The standard InChI is InChI=1S/C15H10ClF3O2/c1-8-2-3-10(7-13(8)16)9-4-5-11(14(20)21)12(6-9)15(17,18)19/h2-7H,1H3,(H,20,21). The number of carbonyl (C=O) groups is 1. The molecule has 2 nitrogen and oxygen atoms in total. The molecule has 0 unspecified atom stereocenters. The van der Waals surface area contributed by atoms with Crippen LogP contribution >= 0.6 is 11.6 Å². The predicted octanol–water partition coefficient (Wildman–Crippen LogP) is 5.03. The van der Waals surface area contributed by atoms with Gasteiger partial charge in [-0.1, -0.05) is 29.8 Å². The maximum atomic E-state index is 13.0. The molecule has 0 bridgehead atoms. The Kier molecular flexibility index (Phi) is 3.96. The van der Waals surface area contributed by atoms with E-state index in [1.807, 2.05) is 0 Å². The summed E-state index contributed by atoms with van der Waals surface area (Å²) in [6, 6.07) is 7.98. The molecule has 0 aliphatic rings. The van der Waals surface area contributed by atoms with Crippen molar-refractivity contribution in [2.75, 3.05) is 0 Å². The van der Waals surface area contributed by atoms with Gasteiger partial charge in [0.1, 0.15) is 0 Å². The molecule has 21 heavy (non-hydrogen) atoms. The lowest BCUT2D eigenvalue weighted by Crippen LogP contribution is -2.13. The first kappa shape index (κ1) is 15.4. The van der Waals surface area contributed by atoms with Crippen LogP contribution in [0.25, 0.3) is 11.1 Å². The number of hydrogen-bond donors (Lipinski definition) is 1. The molecule has 110 valence electrons. The van der Waals surface area contributed by atoms with Crippen LogP contribution in [0, 0.1) is 6.92 Å². The van der Waals surface area contributed by atoms with E-state index in [9.17, 15) is 18.0 Å². The Morgan fingerprint density at radius 2 is 1.67 bits per heavy atom. The molecule has 1 N–H and O–H groups in total. The second-order valence-electron chi connectivity index (χ2n) is 4.53. The number of carboxylic acids is 1. The molecule has 0 spiro atoms. The molecule has 0 aliphatic heterocycles. The molecule has 0 atom stereocenters. The summed E-state index contributed by atoms with van der Waals surface area (Å²) in [6.45, 7) is 1.78. The number of benzene rings is 2. The first-order valence-corrected chi connectivity index (χ1v) is 6.29. The molecular weight excluding hydrogens is 305 g/mol. The zero-order chi connectivity index (χ0) is 15.8. The molecule has 0 saturated heterocycles. The lowest BCUT2D eigenvalue weighted by Gasteiger charge is -2.12. The molecule has 0 aromatic heterocycles. The maximum absolute atomic E-state index is 13.0. The van der Waals surface area contributed by atoms with E-state index in [1.54, 1.807) is 25.1 Å². The van der Waals surface area contributed by atoms with E-state index in [1.165, 1.54) is 6.07 Å². The zero-order valence-corrected chi connectivity index (χ0v) is 11.6. The summed E-state index contributed by atoms with van der Waals surface area (Å²) in [5, 5.41) is 9.28. The zero-order valence-electron chi connectivity index (χ0n) is 10.8. The highest BCUT2D eigenvalue weighted by Gasteiger charge is 2.35. The van der Waals surface area contributed by atoms with Crippen LogP contribution in [0.1, 0.15) is 21.5 Å². The monoisotopic (exact) mass is 314 g/mol. The number of aryl methyl sites for hydroxylation is 1. The summed E-state index contributed by atoms with van der Waals surface area (Å²) in [6.07, 6.45) is -4.74. The minimum atomic E-state index is -4.74. The van der Waals surface area contributed by atoms with E-state index in [4.69, 9.17) is 16.7 Å². The molecule has 0 saturated carbocycles. The number of hydrogen-bond acceptors (Lipinski definition) is 1. The smallest absolute Gasteiger partial charge is 0.417 e. The van der Waals surface area contributed by atoms with Crippen molar-refractivity contribution in [3.8, 4) is 11.1 Å². The van der Waals surface area contributed by atoms with E-state index in [-0.39, 0.29) is 5.56 Å². The van der Waals surface area contributed by atoms with Crippen molar-refractivity contribution < 1.29 is 23.1 Å². The second-order valence-corrected chi connectivity index (χ2v) is 4.93. The normalized spacial score (nSPS) is 11.5. The predicted molar refractivity (Wildman–Crippen MR) is 73.6 cm³/mol. The Labute approximate surface area is 123 Å². The summed E-state index contributed by atoms with van der Waals surface area (Å²) in [7, 11) is 0. The average molecular weight is 315 g/mol. The first-order chi connectivity index (χ1) is 9.70. The topological polar surface area (TPSA) is 37.3 Å². The van der Waals surface area contributed by atoms with Gasteiger partial charge in [-0.25, -0.2) is 4.79 Å². The van der Waals surface area contributed by atoms with Crippen LogP contribution in [0.5, 0.6) is 0 Å². The molecule has 6 heteroatoms. The van der Waals surface area contributed by atoms with E-state index in [0.29, 0.717) is 10.6 Å². The van der Waals surface area contributed by atoms with Gasteiger partial charge in [0, 0.05) is 5.02 Å². The van der Waals surface area contributed by atoms with Crippen LogP contribution in [-0.4, -0.2) is 11.1 Å². The fraction of sp³-hybridized carbons (Fsp3) is 0.133. The van der Waals surface area contributed by atoms with Crippen LogP contribution in [0.4, 0.5) is 13.2 Å². The van der Waals surface area contributed by atoms with Crippen LogP contribution in [0.15, 0.2) is 36.4 Å². The third-order valence-corrected chi connectivity index (χ3v) is 3.47. The van der Waals surface area contributed by atoms with Gasteiger partial charge in [0.25, 0.3) is 0 Å². The minimum absolute atomic E-state index is 0.259. The average Bonchev–Trinajstić information content (AvgIpc) is 2.40. The molecule has 0 heterocycles. The van der Waals surface area contributed by atoms with E-state index in [0.717, 1.165) is 17.7 Å². The first-order valence-electron chi connectivity index (χ1n) is 5.91. The Hall–Kier alpha value is -2.01. The third kappa shape index (κ3) is 3.19. The third-order valence-electron chi connectivity index (χ3n) is 3.06. The summed E-state index contributed by atoms with van der Waals surface area (Å²) in [5.41, 5.74) is -0.394. The second kappa shape index (κ2) is 5.41. The van der Waals surface area contributed by atoms with Crippen LogP contribution in [0.3, 0.4) is 0 Å². The van der Waals surface area contributed by atoms with Crippen molar-refractivity contribution in [1.82, 2.24) is 0 Å². The van der Waals surface area contributed by atoms with E-state index in [2.05, 4.69) is 0 Å². The summed E-state index contributed by atoms with van der Waals surface area (Å²) in [5.74, 6) is -1.61. The van der Waals surface area contributed by atoms with Crippen molar-refractivity contribution in [3.63, 3.8) is 0 Å². The van der Waals surface area contributed by atoms with Crippen molar-refractivity contribution in [2.24, 2.45) is 0 Å². The molecule has 2 rings (SSSR count). The van der Waals surface area contributed by atoms with Crippen LogP contribution in [0.2, 0.25) is 5.02 Å². The fourth-order valence-electron chi connectivity index (χ4n) is 1.92. The Morgan fingerprint density at radius 3 is 2.19 bits per heavy atom. The molecule has 2 aromatic carbocycles. The van der Waals surface area contributed by atoms with E-state index < -0.39 is 23.3 Å². The highest BCUT2D eigenvalue weighted by atomic mass is 35.5. The van der Waals surface area contributed by atoms with Gasteiger partial charge in [0.2, 0.25) is 0 Å². The van der Waals surface area contributed by atoms with Crippen molar-refractivity contribution in [1.29, 1.82) is 0 Å². The van der Waals surface area contributed by atoms with Gasteiger partial charge < -0.3 is 5.11 Å². The van der Waals surface area contributed by atoms with Crippen LogP contribution < -0.4 is 0 Å². The highest BCUT2D eigenvalue weighted by molar-refractivity contribution is 6.31. The SMILES string of the molecule is Cc1ccc(-c2ccc(C(=O)O)c(C(F)(F)F)c2)cc1Cl. The number of aromatic carboxylic acids is 1. The molecular formula is C15H10ClF3O2. The summed E-state index contributed by atoms with van der Waals surface area (Å²) < 4.78 is 38.9. The largest absolute Gasteiger partial charge is 0.478 e. The Balaban J connectivity index is 2.61. The highest BCUT2D eigenvalue weighted by Crippen LogP contribution is 2.35. The molecule has 0 fully saturated rings. The number of alkyl halides is 3. The van der Waals surface area contributed by atoms with Gasteiger partial charge >= 0.3 is 12.1 Å². The molecule has 0 aliphatic carbocycles. The lowest BCUT2D eigenvalue weighted by atomic mass is 9.98. The van der Waals surface area contributed by atoms with Gasteiger partial charge in [0.05, 0.1) is 11.1 Å². The van der Waals surface area contributed by atoms with Gasteiger partial charge in [-0.2, -0.15) is 13.2 Å². The number of rotatable bonds is 2. The maximum Gasteiger partial charge on any atom is 0.417 e.